The molecule has 1 aromatic heterocycles. The number of nitrogens with one attached hydrogen (secondary N) is 1. The predicted octanol–water partition coefficient (Wildman–Crippen LogP) is 0.262. The maximum atomic E-state index is 5.86. The maximum Gasteiger partial charge on any atom is 0.0486 e. The Morgan fingerprint density at radius 1 is 1.40 bits per heavy atom. The van der Waals surface area contributed by atoms with Crippen molar-refractivity contribution in [2.45, 2.75) is 6.04 Å². The molecule has 4 nitrogen and oxygen atoms in total. The Morgan fingerprint density at radius 2 is 2.13 bits per heavy atom. The zero-order chi connectivity index (χ0) is 10.7. The third-order valence-electron chi connectivity index (χ3n) is 3.21. The van der Waals surface area contributed by atoms with Gasteiger partial charge in [0.05, 0.1) is 0 Å². The molecule has 0 amide bonds. The predicted molar refractivity (Wildman–Crippen MR) is 61.7 cm³/mol. The van der Waals surface area contributed by atoms with Crippen LogP contribution in [-0.4, -0.2) is 54.6 Å². The number of nitrogens with two attached hydrogens (primary N) is 1. The van der Waals surface area contributed by atoms with Crippen molar-refractivity contribution >= 4 is 0 Å². The molecule has 0 bridgehead atoms. The summed E-state index contributed by atoms with van der Waals surface area (Å²) in [6.45, 7) is 5.20. The van der Waals surface area contributed by atoms with Crippen molar-refractivity contribution in [1.82, 2.24) is 14.8 Å². The highest BCUT2D eigenvalue weighted by molar-refractivity contribution is 5.14. The summed E-state index contributed by atoms with van der Waals surface area (Å²) in [6, 6.07) is 2.50. The van der Waals surface area contributed by atoms with E-state index < -0.39 is 0 Å². The van der Waals surface area contributed by atoms with Gasteiger partial charge in [-0.15, -0.1) is 0 Å². The van der Waals surface area contributed by atoms with Crippen LogP contribution in [0.25, 0.3) is 0 Å². The van der Waals surface area contributed by atoms with Gasteiger partial charge >= 0.3 is 0 Å². The second-order valence-corrected chi connectivity index (χ2v) is 4.24. The van der Waals surface area contributed by atoms with Crippen LogP contribution >= 0.6 is 0 Å². The van der Waals surface area contributed by atoms with Gasteiger partial charge in [0.15, 0.2) is 0 Å². The van der Waals surface area contributed by atoms with Crippen molar-refractivity contribution < 1.29 is 0 Å². The smallest absolute Gasteiger partial charge is 0.0486 e. The van der Waals surface area contributed by atoms with E-state index in [1.54, 1.807) is 0 Å². The molecule has 0 saturated carbocycles. The molecule has 2 rings (SSSR count). The van der Waals surface area contributed by atoms with Crippen LogP contribution in [0.4, 0.5) is 0 Å². The van der Waals surface area contributed by atoms with E-state index in [2.05, 4.69) is 34.1 Å². The lowest BCUT2D eigenvalue weighted by atomic mass is 10.1. The Labute approximate surface area is 91.0 Å². The summed E-state index contributed by atoms with van der Waals surface area (Å²) in [5, 5.41) is 0. The first-order valence-corrected chi connectivity index (χ1v) is 5.56. The fourth-order valence-electron chi connectivity index (χ4n) is 2.17. The Bertz CT molecular complexity index is 275. The summed E-state index contributed by atoms with van der Waals surface area (Å²) < 4.78 is 0. The van der Waals surface area contributed by atoms with Gasteiger partial charge in [0.2, 0.25) is 0 Å². The van der Waals surface area contributed by atoms with E-state index >= 15 is 0 Å². The van der Waals surface area contributed by atoms with Gasteiger partial charge in [-0.1, -0.05) is 0 Å². The number of hydrogen-bond donors (Lipinski definition) is 2. The fraction of sp³-hybridized carbons (Fsp3) is 0.636. The first kappa shape index (κ1) is 10.7. The molecule has 4 heteroatoms. The summed E-state index contributed by atoms with van der Waals surface area (Å²) in [5.74, 6) is 0. The van der Waals surface area contributed by atoms with Crippen molar-refractivity contribution in [3.63, 3.8) is 0 Å². The van der Waals surface area contributed by atoms with Gasteiger partial charge in [-0.3, -0.25) is 4.90 Å². The van der Waals surface area contributed by atoms with E-state index in [0.29, 0.717) is 12.6 Å². The Hall–Kier alpha value is -0.840. The maximum absolute atomic E-state index is 5.86. The zero-order valence-corrected chi connectivity index (χ0v) is 9.32. The lowest BCUT2D eigenvalue weighted by Gasteiger charge is -2.37. The molecule has 0 aromatic carbocycles. The molecule has 1 unspecified atom stereocenters. The number of piperazine rings is 1. The van der Waals surface area contributed by atoms with E-state index in [-0.39, 0.29) is 0 Å². The van der Waals surface area contributed by atoms with E-state index in [1.165, 1.54) is 5.56 Å². The number of H-pyrrole nitrogens is 1. The van der Waals surface area contributed by atoms with Crippen LogP contribution in [0.1, 0.15) is 11.6 Å². The number of aromatic amines is 1. The molecule has 1 atom stereocenters. The number of rotatable bonds is 3. The molecule has 0 radical (unpaired) electrons. The molecule has 0 spiro atoms. The van der Waals surface area contributed by atoms with Gasteiger partial charge in [0, 0.05) is 51.2 Å². The largest absolute Gasteiger partial charge is 0.367 e. The van der Waals surface area contributed by atoms with Crippen LogP contribution in [0.3, 0.4) is 0 Å². The Morgan fingerprint density at radius 3 is 2.67 bits per heavy atom. The Kier molecular flexibility index (Phi) is 3.41. The highest BCUT2D eigenvalue weighted by Crippen LogP contribution is 2.20. The monoisotopic (exact) mass is 208 g/mol. The molecule has 84 valence electrons. The molecule has 2 heterocycles. The van der Waals surface area contributed by atoms with Crippen molar-refractivity contribution in [1.29, 1.82) is 0 Å². The fourth-order valence-corrected chi connectivity index (χ4v) is 2.17. The van der Waals surface area contributed by atoms with Crippen LogP contribution < -0.4 is 5.73 Å². The summed E-state index contributed by atoms with van der Waals surface area (Å²) in [5.41, 5.74) is 7.17. The summed E-state index contributed by atoms with van der Waals surface area (Å²) in [4.78, 5) is 7.94. The second-order valence-electron chi connectivity index (χ2n) is 4.24. The van der Waals surface area contributed by atoms with Gasteiger partial charge in [0.25, 0.3) is 0 Å². The van der Waals surface area contributed by atoms with E-state index in [4.69, 9.17) is 5.73 Å². The molecule has 15 heavy (non-hydrogen) atoms. The highest BCUT2D eigenvalue weighted by Gasteiger charge is 2.22. The second kappa shape index (κ2) is 4.79. The number of hydrogen-bond acceptors (Lipinski definition) is 3. The molecular weight excluding hydrogens is 188 g/mol. The van der Waals surface area contributed by atoms with Gasteiger partial charge in [0.1, 0.15) is 0 Å². The average Bonchev–Trinajstić information content (AvgIpc) is 2.75. The number of aromatic nitrogens is 1. The molecule has 1 saturated heterocycles. The summed E-state index contributed by atoms with van der Waals surface area (Å²) in [6.07, 6.45) is 4.02. The molecule has 1 aliphatic rings. The lowest BCUT2D eigenvalue weighted by Crippen LogP contribution is -2.47. The van der Waals surface area contributed by atoms with Crippen LogP contribution in [0, 0.1) is 0 Å². The molecule has 0 aliphatic carbocycles. The van der Waals surface area contributed by atoms with Gasteiger partial charge in [-0.2, -0.15) is 0 Å². The standard InChI is InChI=1S/C11H20N4/c1-14-4-6-15(7-5-14)11(8-12)10-2-3-13-9-10/h2-3,9,11,13H,4-8,12H2,1H3. The van der Waals surface area contributed by atoms with Crippen molar-refractivity contribution in [2.75, 3.05) is 39.8 Å². The first-order chi connectivity index (χ1) is 7.31. The topological polar surface area (TPSA) is 48.3 Å². The number of nitrogens with zero attached hydrogens (tertiary/aromatic N) is 2. The van der Waals surface area contributed by atoms with Crippen molar-refractivity contribution in [3.05, 3.63) is 24.0 Å². The normalized spacial score (nSPS) is 21.7. The Balaban J connectivity index is 2.01. The van der Waals surface area contributed by atoms with E-state index in [9.17, 15) is 0 Å². The number of likely N-dealkylation sites (N-methyl/N-ethyl adjacent to an activating group) is 1. The van der Waals surface area contributed by atoms with Crippen LogP contribution in [0.5, 0.6) is 0 Å². The van der Waals surface area contributed by atoms with Gasteiger partial charge in [-0.05, 0) is 18.7 Å². The molecule has 1 aliphatic heterocycles. The van der Waals surface area contributed by atoms with E-state index in [0.717, 1.165) is 26.2 Å². The highest BCUT2D eigenvalue weighted by atomic mass is 15.3. The minimum Gasteiger partial charge on any atom is -0.367 e. The van der Waals surface area contributed by atoms with Crippen LogP contribution in [-0.2, 0) is 0 Å². The third-order valence-corrected chi connectivity index (χ3v) is 3.21. The lowest BCUT2D eigenvalue weighted by molar-refractivity contribution is 0.114. The van der Waals surface area contributed by atoms with Gasteiger partial charge in [-0.25, -0.2) is 0 Å². The van der Waals surface area contributed by atoms with Crippen LogP contribution in [0.2, 0.25) is 0 Å². The quantitative estimate of drug-likeness (QED) is 0.749. The average molecular weight is 208 g/mol. The van der Waals surface area contributed by atoms with Crippen LogP contribution in [0.15, 0.2) is 18.5 Å². The third kappa shape index (κ3) is 2.40. The zero-order valence-electron chi connectivity index (χ0n) is 9.32. The van der Waals surface area contributed by atoms with E-state index in [1.807, 2.05) is 6.20 Å². The van der Waals surface area contributed by atoms with Crippen molar-refractivity contribution in [2.24, 2.45) is 5.73 Å². The molecule has 3 N–H and O–H groups in total. The van der Waals surface area contributed by atoms with Crippen molar-refractivity contribution in [3.8, 4) is 0 Å². The minimum atomic E-state index is 0.380. The minimum absolute atomic E-state index is 0.380. The first-order valence-electron chi connectivity index (χ1n) is 5.56. The molecular formula is C11H20N4. The molecule has 1 aromatic rings. The summed E-state index contributed by atoms with van der Waals surface area (Å²) in [7, 11) is 2.17. The van der Waals surface area contributed by atoms with Gasteiger partial charge < -0.3 is 15.6 Å². The molecule has 1 fully saturated rings. The SMILES string of the molecule is CN1CCN(C(CN)c2cc[nH]c2)CC1. The summed E-state index contributed by atoms with van der Waals surface area (Å²) >= 11 is 0.